The van der Waals surface area contributed by atoms with Gasteiger partial charge in [0.05, 0.1) is 29.9 Å². The zero-order valence-corrected chi connectivity index (χ0v) is 19.4. The maximum atomic E-state index is 5.37. The second-order valence-corrected chi connectivity index (χ2v) is 10.2. The summed E-state index contributed by atoms with van der Waals surface area (Å²) in [5.74, 6) is 2.71. The summed E-state index contributed by atoms with van der Waals surface area (Å²) >= 11 is 0. The first-order chi connectivity index (χ1) is 15.0. The highest BCUT2D eigenvalue weighted by molar-refractivity contribution is 5.88. The van der Waals surface area contributed by atoms with Crippen LogP contribution in [0.5, 0.6) is 0 Å². The Bertz CT molecular complexity index is 1050. The molecule has 1 aliphatic heterocycles. The highest BCUT2D eigenvalue weighted by Crippen LogP contribution is 2.40. The molecule has 3 aromatic rings. The van der Waals surface area contributed by atoms with Gasteiger partial charge >= 0.3 is 0 Å². The van der Waals surface area contributed by atoms with Gasteiger partial charge in [0.25, 0.3) is 0 Å². The quantitative estimate of drug-likeness (QED) is 0.504. The van der Waals surface area contributed by atoms with E-state index in [0.717, 1.165) is 47.5 Å². The van der Waals surface area contributed by atoms with E-state index in [4.69, 9.17) is 9.72 Å². The highest BCUT2D eigenvalue weighted by atomic mass is 16.5. The van der Waals surface area contributed by atoms with E-state index in [9.17, 15) is 0 Å². The SMILES string of the molecule is Cc1cc(-c2[nH]c3ccc(C4CCC(CC5COC5)CC4)nc3c2C(C)C)cc(C)n1. The van der Waals surface area contributed by atoms with Gasteiger partial charge in [-0.05, 0) is 82.1 Å². The van der Waals surface area contributed by atoms with Gasteiger partial charge in [-0.3, -0.25) is 9.97 Å². The fourth-order valence-electron chi connectivity index (χ4n) is 5.68. The molecular weight excluding hydrogens is 382 g/mol. The lowest BCUT2D eigenvalue weighted by atomic mass is 9.76. The van der Waals surface area contributed by atoms with Crippen molar-refractivity contribution in [2.24, 2.45) is 11.8 Å². The third-order valence-electron chi connectivity index (χ3n) is 7.29. The van der Waals surface area contributed by atoms with E-state index >= 15 is 0 Å². The summed E-state index contributed by atoms with van der Waals surface area (Å²) < 4.78 is 5.37. The minimum absolute atomic E-state index is 0.403. The number of pyridine rings is 2. The van der Waals surface area contributed by atoms with Crippen LogP contribution in [0.1, 0.15) is 80.4 Å². The standard InChI is InChI=1S/C27H35N3O/c1-16(2)25-26(22-11-17(3)28-18(4)12-22)30-24-10-9-23(29-27(24)25)21-7-5-19(6-8-21)13-20-14-31-15-20/h9-12,16,19-21,30H,5-8,13-15H2,1-4H3. The second kappa shape index (κ2) is 8.38. The van der Waals surface area contributed by atoms with E-state index in [-0.39, 0.29) is 0 Å². The van der Waals surface area contributed by atoms with Gasteiger partial charge in [-0.15, -0.1) is 0 Å². The molecule has 2 fully saturated rings. The summed E-state index contributed by atoms with van der Waals surface area (Å²) in [6.07, 6.45) is 6.59. The number of aromatic nitrogens is 3. The van der Waals surface area contributed by atoms with Gasteiger partial charge in [0, 0.05) is 40.0 Å². The normalized spacial score (nSPS) is 22.2. The summed E-state index contributed by atoms with van der Waals surface area (Å²) in [5.41, 5.74) is 9.46. The van der Waals surface area contributed by atoms with Crippen molar-refractivity contribution in [3.8, 4) is 11.3 Å². The maximum Gasteiger partial charge on any atom is 0.0923 e. The van der Waals surface area contributed by atoms with Crippen LogP contribution in [0.2, 0.25) is 0 Å². The molecule has 0 spiro atoms. The zero-order chi connectivity index (χ0) is 21.5. The van der Waals surface area contributed by atoms with Crippen LogP contribution in [0, 0.1) is 25.7 Å². The van der Waals surface area contributed by atoms with Crippen LogP contribution in [0.3, 0.4) is 0 Å². The first kappa shape index (κ1) is 20.7. The number of aromatic amines is 1. The molecule has 0 atom stereocenters. The minimum Gasteiger partial charge on any atom is -0.381 e. The van der Waals surface area contributed by atoms with E-state index in [1.165, 1.54) is 54.6 Å². The number of ether oxygens (including phenoxy) is 1. The highest BCUT2D eigenvalue weighted by Gasteiger charge is 2.28. The Morgan fingerprint density at radius 3 is 2.29 bits per heavy atom. The van der Waals surface area contributed by atoms with Crippen molar-refractivity contribution >= 4 is 11.0 Å². The predicted molar refractivity (Wildman–Crippen MR) is 127 cm³/mol. The predicted octanol–water partition coefficient (Wildman–Crippen LogP) is 6.68. The molecule has 164 valence electrons. The molecule has 1 N–H and O–H groups in total. The number of aryl methyl sites for hydroxylation is 2. The van der Waals surface area contributed by atoms with Crippen LogP contribution >= 0.6 is 0 Å². The van der Waals surface area contributed by atoms with Gasteiger partial charge in [-0.1, -0.05) is 13.8 Å². The van der Waals surface area contributed by atoms with Crippen LogP contribution in [0.25, 0.3) is 22.3 Å². The van der Waals surface area contributed by atoms with Gasteiger partial charge in [-0.25, -0.2) is 0 Å². The third kappa shape index (κ3) is 4.15. The second-order valence-electron chi connectivity index (χ2n) is 10.2. The van der Waals surface area contributed by atoms with E-state index in [1.807, 2.05) is 0 Å². The lowest BCUT2D eigenvalue weighted by Gasteiger charge is -2.34. The molecule has 1 aliphatic carbocycles. The Morgan fingerprint density at radius 2 is 1.68 bits per heavy atom. The number of fused-ring (bicyclic) bond motifs is 1. The molecular formula is C27H35N3O. The third-order valence-corrected chi connectivity index (χ3v) is 7.29. The van der Waals surface area contributed by atoms with E-state index in [0.29, 0.717) is 11.8 Å². The summed E-state index contributed by atoms with van der Waals surface area (Å²) in [6.45, 7) is 10.7. The summed E-state index contributed by atoms with van der Waals surface area (Å²) in [7, 11) is 0. The van der Waals surface area contributed by atoms with Crippen molar-refractivity contribution in [2.75, 3.05) is 13.2 Å². The van der Waals surface area contributed by atoms with Crippen molar-refractivity contribution < 1.29 is 4.74 Å². The van der Waals surface area contributed by atoms with E-state index in [1.54, 1.807) is 0 Å². The Morgan fingerprint density at radius 1 is 0.968 bits per heavy atom. The number of rotatable bonds is 5. The van der Waals surface area contributed by atoms with Crippen molar-refractivity contribution in [1.29, 1.82) is 0 Å². The average Bonchev–Trinajstić information content (AvgIpc) is 3.09. The monoisotopic (exact) mass is 417 g/mol. The van der Waals surface area contributed by atoms with Crippen LogP contribution in [0.15, 0.2) is 24.3 Å². The van der Waals surface area contributed by atoms with Crippen LogP contribution in [-0.4, -0.2) is 28.2 Å². The van der Waals surface area contributed by atoms with Crippen molar-refractivity contribution in [3.05, 3.63) is 46.9 Å². The zero-order valence-electron chi connectivity index (χ0n) is 19.4. The first-order valence-electron chi connectivity index (χ1n) is 12.0. The van der Waals surface area contributed by atoms with Gasteiger partial charge in [0.2, 0.25) is 0 Å². The fraction of sp³-hybridized carbons (Fsp3) is 0.556. The molecule has 0 bridgehead atoms. The summed E-state index contributed by atoms with van der Waals surface area (Å²) in [4.78, 5) is 13.5. The molecule has 3 aromatic heterocycles. The van der Waals surface area contributed by atoms with Crippen LogP contribution in [0.4, 0.5) is 0 Å². The number of nitrogens with zero attached hydrogens (tertiary/aromatic N) is 2. The molecule has 1 saturated heterocycles. The molecule has 4 heteroatoms. The Balaban J connectivity index is 1.43. The number of hydrogen-bond acceptors (Lipinski definition) is 3. The summed E-state index contributed by atoms with van der Waals surface area (Å²) in [6, 6.07) is 8.88. The van der Waals surface area contributed by atoms with Gasteiger partial charge < -0.3 is 9.72 Å². The minimum atomic E-state index is 0.403. The topological polar surface area (TPSA) is 50.8 Å². The van der Waals surface area contributed by atoms with Gasteiger partial charge in [-0.2, -0.15) is 0 Å². The van der Waals surface area contributed by atoms with Crippen molar-refractivity contribution in [2.45, 2.75) is 71.6 Å². The molecule has 0 unspecified atom stereocenters. The smallest absolute Gasteiger partial charge is 0.0923 e. The van der Waals surface area contributed by atoms with Crippen LogP contribution in [-0.2, 0) is 4.74 Å². The number of hydrogen-bond donors (Lipinski definition) is 1. The molecule has 4 heterocycles. The largest absolute Gasteiger partial charge is 0.381 e. The molecule has 1 saturated carbocycles. The molecule has 31 heavy (non-hydrogen) atoms. The first-order valence-corrected chi connectivity index (χ1v) is 12.0. The summed E-state index contributed by atoms with van der Waals surface area (Å²) in [5, 5.41) is 0. The van der Waals surface area contributed by atoms with Gasteiger partial charge in [0.1, 0.15) is 0 Å². The Hall–Kier alpha value is -2.20. The molecule has 4 nitrogen and oxygen atoms in total. The van der Waals surface area contributed by atoms with Crippen molar-refractivity contribution in [3.63, 3.8) is 0 Å². The Labute approximate surface area is 185 Å². The van der Waals surface area contributed by atoms with E-state index in [2.05, 4.69) is 61.9 Å². The molecule has 0 radical (unpaired) electrons. The lowest BCUT2D eigenvalue weighted by molar-refractivity contribution is -0.0448. The molecule has 2 aliphatic rings. The fourth-order valence-corrected chi connectivity index (χ4v) is 5.68. The van der Waals surface area contributed by atoms with Crippen LogP contribution < -0.4 is 0 Å². The average molecular weight is 418 g/mol. The molecule has 5 rings (SSSR count). The molecule has 0 aromatic carbocycles. The number of nitrogens with one attached hydrogen (secondary N) is 1. The van der Waals surface area contributed by atoms with Gasteiger partial charge in [0.15, 0.2) is 0 Å². The maximum absolute atomic E-state index is 5.37. The molecule has 0 amide bonds. The number of H-pyrrole nitrogens is 1. The Kier molecular flexibility index (Phi) is 5.60. The van der Waals surface area contributed by atoms with Crippen molar-refractivity contribution in [1.82, 2.24) is 15.0 Å². The van der Waals surface area contributed by atoms with E-state index < -0.39 is 0 Å². The lowest BCUT2D eigenvalue weighted by Crippen LogP contribution is -2.30.